The molecular weight excluding hydrogens is 263 g/mol. The number of alkyl halides is 3. The number of halogens is 4. The second-order valence-corrected chi connectivity index (χ2v) is 3.47. The third kappa shape index (κ3) is 4.45. The summed E-state index contributed by atoms with van der Waals surface area (Å²) in [6, 6.07) is 1.56. The molecule has 0 bridgehead atoms. The highest BCUT2D eigenvalue weighted by molar-refractivity contribution is 9.10. The molecule has 0 aliphatic heterocycles. The normalized spacial score (nSPS) is 11.4. The van der Waals surface area contributed by atoms with Gasteiger partial charge >= 0.3 is 6.18 Å². The Morgan fingerprint density at radius 2 is 2.07 bits per heavy atom. The fourth-order valence-electron chi connectivity index (χ4n) is 0.756. The first-order chi connectivity index (χ1) is 6.47. The van der Waals surface area contributed by atoms with Gasteiger partial charge in [0.05, 0.1) is 19.2 Å². The molecule has 0 fully saturated rings. The number of hydrogen-bond donors (Lipinski definition) is 0. The van der Waals surface area contributed by atoms with E-state index < -0.39 is 12.6 Å². The van der Waals surface area contributed by atoms with Crippen LogP contribution in [0.25, 0.3) is 0 Å². The predicted octanol–water partition coefficient (Wildman–Crippen LogP) is 3.18. The van der Waals surface area contributed by atoms with Crippen molar-refractivity contribution in [1.29, 1.82) is 0 Å². The van der Waals surface area contributed by atoms with E-state index in [4.69, 9.17) is 4.74 Å². The lowest BCUT2D eigenvalue weighted by molar-refractivity contribution is -0.139. The molecule has 0 aliphatic rings. The number of rotatable bonds is 3. The summed E-state index contributed by atoms with van der Waals surface area (Å²) in [5.41, 5.74) is 0. The molecule has 0 radical (unpaired) electrons. The van der Waals surface area contributed by atoms with Crippen LogP contribution in [-0.2, 0) is 0 Å². The van der Waals surface area contributed by atoms with Gasteiger partial charge in [0.15, 0.2) is 0 Å². The van der Waals surface area contributed by atoms with Gasteiger partial charge in [-0.3, -0.25) is 4.98 Å². The molecule has 0 atom stereocenters. The second kappa shape index (κ2) is 4.63. The van der Waals surface area contributed by atoms with Crippen LogP contribution in [-0.4, -0.2) is 17.8 Å². The van der Waals surface area contributed by atoms with Crippen molar-refractivity contribution < 1.29 is 17.9 Å². The Morgan fingerprint density at radius 1 is 1.36 bits per heavy atom. The van der Waals surface area contributed by atoms with Crippen LogP contribution in [0, 0.1) is 0 Å². The molecule has 6 heteroatoms. The van der Waals surface area contributed by atoms with E-state index in [1.807, 2.05) is 0 Å². The number of nitrogens with zero attached hydrogens (tertiary/aromatic N) is 1. The first kappa shape index (κ1) is 11.3. The molecule has 0 amide bonds. The topological polar surface area (TPSA) is 22.1 Å². The van der Waals surface area contributed by atoms with Crippen molar-refractivity contribution in [3.63, 3.8) is 0 Å². The van der Waals surface area contributed by atoms with E-state index in [9.17, 15) is 13.2 Å². The zero-order valence-electron chi connectivity index (χ0n) is 7.01. The van der Waals surface area contributed by atoms with Gasteiger partial charge in [-0.2, -0.15) is 13.2 Å². The maximum atomic E-state index is 11.7. The Balaban J connectivity index is 2.39. The molecule has 14 heavy (non-hydrogen) atoms. The van der Waals surface area contributed by atoms with Crippen molar-refractivity contribution in [2.75, 3.05) is 6.61 Å². The van der Waals surface area contributed by atoms with Crippen LogP contribution in [0.4, 0.5) is 13.2 Å². The molecule has 0 N–H and O–H groups in total. The minimum Gasteiger partial charge on any atom is -0.492 e. The van der Waals surface area contributed by atoms with Crippen molar-refractivity contribution in [3.05, 3.63) is 22.9 Å². The number of ether oxygens (including phenoxy) is 1. The minimum atomic E-state index is -4.18. The fourth-order valence-corrected chi connectivity index (χ4v) is 1.10. The molecule has 0 spiro atoms. The van der Waals surface area contributed by atoms with Gasteiger partial charge in [-0.1, -0.05) is 0 Å². The maximum absolute atomic E-state index is 11.7. The fraction of sp³-hybridized carbons (Fsp3) is 0.375. The summed E-state index contributed by atoms with van der Waals surface area (Å²) in [7, 11) is 0. The zero-order valence-corrected chi connectivity index (χ0v) is 8.60. The number of pyridine rings is 1. The molecular formula is C8H7BrF3NO. The highest BCUT2D eigenvalue weighted by Gasteiger charge is 2.26. The third-order valence-corrected chi connectivity index (χ3v) is 1.77. The Bertz CT molecular complexity index is 303. The van der Waals surface area contributed by atoms with Gasteiger partial charge in [-0.25, -0.2) is 0 Å². The van der Waals surface area contributed by atoms with E-state index >= 15 is 0 Å². The van der Waals surface area contributed by atoms with Crippen molar-refractivity contribution >= 4 is 15.9 Å². The Morgan fingerprint density at radius 3 is 2.64 bits per heavy atom. The van der Waals surface area contributed by atoms with Crippen molar-refractivity contribution in [1.82, 2.24) is 4.98 Å². The molecule has 1 heterocycles. The van der Waals surface area contributed by atoms with E-state index in [-0.39, 0.29) is 6.61 Å². The molecule has 0 aliphatic carbocycles. The van der Waals surface area contributed by atoms with Gasteiger partial charge in [0, 0.05) is 10.7 Å². The standard InChI is InChI=1S/C8H7BrF3NO/c9-6-3-7(5-13-4-6)14-2-1-8(10,11)12/h3-5H,1-2H2. The smallest absolute Gasteiger partial charge is 0.392 e. The van der Waals surface area contributed by atoms with Crippen LogP contribution in [0.2, 0.25) is 0 Å². The SMILES string of the molecule is FC(F)(F)CCOc1cncc(Br)c1. The lowest BCUT2D eigenvalue weighted by atomic mass is 10.4. The summed E-state index contributed by atoms with van der Waals surface area (Å²) in [5, 5.41) is 0. The average Bonchev–Trinajstić information content (AvgIpc) is 2.01. The van der Waals surface area contributed by atoms with Crippen LogP contribution in [0.3, 0.4) is 0 Å². The van der Waals surface area contributed by atoms with E-state index in [0.717, 1.165) is 0 Å². The van der Waals surface area contributed by atoms with Crippen LogP contribution in [0.15, 0.2) is 22.9 Å². The minimum absolute atomic E-state index is 0.323. The summed E-state index contributed by atoms with van der Waals surface area (Å²) >= 11 is 3.13. The third-order valence-electron chi connectivity index (χ3n) is 1.33. The van der Waals surface area contributed by atoms with Crippen molar-refractivity contribution in [2.45, 2.75) is 12.6 Å². The summed E-state index contributed by atoms with van der Waals surface area (Å²) in [4.78, 5) is 3.75. The second-order valence-electron chi connectivity index (χ2n) is 2.55. The molecule has 1 rings (SSSR count). The average molecular weight is 270 g/mol. The zero-order chi connectivity index (χ0) is 10.6. The van der Waals surface area contributed by atoms with E-state index in [1.165, 1.54) is 12.4 Å². The number of hydrogen-bond acceptors (Lipinski definition) is 2. The van der Waals surface area contributed by atoms with E-state index in [0.29, 0.717) is 10.2 Å². The molecule has 78 valence electrons. The van der Waals surface area contributed by atoms with Gasteiger partial charge in [-0.15, -0.1) is 0 Å². The van der Waals surface area contributed by atoms with E-state index in [2.05, 4.69) is 20.9 Å². The van der Waals surface area contributed by atoms with Crippen molar-refractivity contribution in [3.8, 4) is 5.75 Å². The van der Waals surface area contributed by atoms with Crippen LogP contribution >= 0.6 is 15.9 Å². The Kier molecular flexibility index (Phi) is 3.74. The Labute approximate surface area is 87.2 Å². The lowest BCUT2D eigenvalue weighted by Gasteiger charge is -2.08. The lowest BCUT2D eigenvalue weighted by Crippen LogP contribution is -2.13. The quantitative estimate of drug-likeness (QED) is 0.841. The van der Waals surface area contributed by atoms with Gasteiger partial charge in [0.25, 0.3) is 0 Å². The Hall–Kier alpha value is -0.780. The molecule has 0 saturated heterocycles. The molecule has 0 saturated carbocycles. The van der Waals surface area contributed by atoms with Crippen LogP contribution in [0.1, 0.15) is 6.42 Å². The summed E-state index contributed by atoms with van der Waals surface area (Å²) in [6.07, 6.45) is -2.25. The molecule has 1 aromatic rings. The van der Waals surface area contributed by atoms with Crippen molar-refractivity contribution in [2.24, 2.45) is 0 Å². The number of aromatic nitrogens is 1. The highest BCUT2D eigenvalue weighted by atomic mass is 79.9. The summed E-state index contributed by atoms with van der Waals surface area (Å²) in [6.45, 7) is -0.387. The first-order valence-electron chi connectivity index (χ1n) is 3.77. The van der Waals surface area contributed by atoms with Gasteiger partial charge in [0.2, 0.25) is 0 Å². The van der Waals surface area contributed by atoms with E-state index in [1.54, 1.807) is 6.07 Å². The predicted molar refractivity (Wildman–Crippen MR) is 48.1 cm³/mol. The maximum Gasteiger partial charge on any atom is 0.392 e. The van der Waals surface area contributed by atoms with Crippen LogP contribution < -0.4 is 4.74 Å². The highest BCUT2D eigenvalue weighted by Crippen LogP contribution is 2.21. The van der Waals surface area contributed by atoms with Crippen LogP contribution in [0.5, 0.6) is 5.75 Å². The monoisotopic (exact) mass is 269 g/mol. The summed E-state index contributed by atoms with van der Waals surface area (Å²) < 4.78 is 40.7. The van der Waals surface area contributed by atoms with Gasteiger partial charge in [0.1, 0.15) is 5.75 Å². The molecule has 0 unspecified atom stereocenters. The van der Waals surface area contributed by atoms with Gasteiger partial charge in [-0.05, 0) is 22.0 Å². The van der Waals surface area contributed by atoms with Gasteiger partial charge < -0.3 is 4.74 Å². The largest absolute Gasteiger partial charge is 0.492 e. The molecule has 0 aromatic carbocycles. The molecule has 1 aromatic heterocycles. The molecule has 2 nitrogen and oxygen atoms in total. The first-order valence-corrected chi connectivity index (χ1v) is 4.57. The summed E-state index contributed by atoms with van der Waals surface area (Å²) in [5.74, 6) is 0.323.